The van der Waals surface area contributed by atoms with Crippen molar-refractivity contribution in [2.24, 2.45) is 0 Å². The van der Waals surface area contributed by atoms with Gasteiger partial charge >= 0.3 is 0 Å². The van der Waals surface area contributed by atoms with E-state index in [0.717, 1.165) is 15.7 Å². The number of rotatable bonds is 2. The highest BCUT2D eigenvalue weighted by atomic mass is 79.9. The van der Waals surface area contributed by atoms with Crippen molar-refractivity contribution in [2.75, 3.05) is 0 Å². The van der Waals surface area contributed by atoms with E-state index < -0.39 is 0 Å². The van der Waals surface area contributed by atoms with Crippen LogP contribution in [0, 0.1) is 6.92 Å². The van der Waals surface area contributed by atoms with E-state index in [-0.39, 0.29) is 6.10 Å². The van der Waals surface area contributed by atoms with Crippen LogP contribution in [0.25, 0.3) is 10.9 Å². The molecule has 0 aliphatic rings. The van der Waals surface area contributed by atoms with E-state index in [9.17, 15) is 5.11 Å². The summed E-state index contributed by atoms with van der Waals surface area (Å²) in [5, 5.41) is 10.6. The Morgan fingerprint density at radius 2 is 2.20 bits per heavy atom. The Bertz CT molecular complexity index is 488. The maximum Gasteiger partial charge on any atom is 0.0603 e. The number of para-hydroxylation sites is 1. The Hall–Kier alpha value is -0.800. The highest BCUT2D eigenvalue weighted by Crippen LogP contribution is 2.28. The van der Waals surface area contributed by atoms with Crippen LogP contribution < -0.4 is 0 Å². The lowest BCUT2D eigenvalue weighted by Gasteiger charge is -2.04. The minimum Gasteiger partial charge on any atom is -0.393 e. The number of hydrogen-bond donors (Lipinski definition) is 2. The topological polar surface area (TPSA) is 36.0 Å². The molecular weight excluding hydrogens is 254 g/mol. The van der Waals surface area contributed by atoms with E-state index in [1.807, 2.05) is 26.0 Å². The lowest BCUT2D eigenvalue weighted by Crippen LogP contribution is -2.04. The summed E-state index contributed by atoms with van der Waals surface area (Å²) < 4.78 is 1.07. The number of benzene rings is 1. The summed E-state index contributed by atoms with van der Waals surface area (Å²) in [5.74, 6) is 0. The van der Waals surface area contributed by atoms with E-state index >= 15 is 0 Å². The molecule has 0 amide bonds. The first kappa shape index (κ1) is 10.7. The van der Waals surface area contributed by atoms with Crippen molar-refractivity contribution in [2.45, 2.75) is 26.4 Å². The molecule has 0 aliphatic carbocycles. The van der Waals surface area contributed by atoms with Crippen LogP contribution in [0.2, 0.25) is 0 Å². The molecule has 1 heterocycles. The maximum atomic E-state index is 9.45. The van der Waals surface area contributed by atoms with E-state index in [0.29, 0.717) is 6.42 Å². The molecule has 1 aromatic heterocycles. The zero-order valence-corrected chi connectivity index (χ0v) is 10.4. The fourth-order valence-corrected chi connectivity index (χ4v) is 2.39. The van der Waals surface area contributed by atoms with Crippen LogP contribution in [0.5, 0.6) is 0 Å². The minimum absolute atomic E-state index is 0.304. The Labute approximate surface area is 97.4 Å². The largest absolute Gasteiger partial charge is 0.393 e. The Morgan fingerprint density at radius 1 is 1.47 bits per heavy atom. The predicted molar refractivity (Wildman–Crippen MR) is 66.1 cm³/mol. The summed E-state index contributed by atoms with van der Waals surface area (Å²) in [5.41, 5.74) is 3.46. The molecule has 0 saturated carbocycles. The maximum absolute atomic E-state index is 9.45. The molecule has 1 unspecified atom stereocenters. The second kappa shape index (κ2) is 3.99. The van der Waals surface area contributed by atoms with Crippen LogP contribution in [0.15, 0.2) is 22.7 Å². The van der Waals surface area contributed by atoms with Crippen LogP contribution >= 0.6 is 15.9 Å². The molecule has 1 atom stereocenters. The van der Waals surface area contributed by atoms with Crippen LogP contribution in [-0.4, -0.2) is 16.2 Å². The number of hydrogen-bond acceptors (Lipinski definition) is 1. The SMILES string of the molecule is Cc1[nH]c2c(Br)cccc2c1CC(C)O. The van der Waals surface area contributed by atoms with Gasteiger partial charge in [0.15, 0.2) is 0 Å². The van der Waals surface area contributed by atoms with Gasteiger partial charge in [-0.25, -0.2) is 0 Å². The van der Waals surface area contributed by atoms with Crippen LogP contribution in [-0.2, 0) is 6.42 Å². The van der Waals surface area contributed by atoms with Gasteiger partial charge in [0.1, 0.15) is 0 Å². The molecule has 2 N–H and O–H groups in total. The number of aliphatic hydroxyl groups is 1. The standard InChI is InChI=1S/C12H14BrNO/c1-7(15)6-10-8(2)14-12-9(10)4-3-5-11(12)13/h3-5,7,14-15H,6H2,1-2H3. The molecule has 2 aromatic rings. The van der Waals surface area contributed by atoms with Gasteiger partial charge in [-0.15, -0.1) is 0 Å². The molecule has 0 aliphatic heterocycles. The van der Waals surface area contributed by atoms with Gasteiger partial charge < -0.3 is 10.1 Å². The van der Waals surface area contributed by atoms with Crippen molar-refractivity contribution in [3.8, 4) is 0 Å². The number of fused-ring (bicyclic) bond motifs is 1. The molecule has 0 bridgehead atoms. The highest BCUT2D eigenvalue weighted by Gasteiger charge is 2.11. The number of aryl methyl sites for hydroxylation is 1. The summed E-state index contributed by atoms with van der Waals surface area (Å²) in [6.45, 7) is 3.86. The first-order chi connectivity index (χ1) is 7.09. The summed E-state index contributed by atoms with van der Waals surface area (Å²) in [7, 11) is 0. The van der Waals surface area contributed by atoms with E-state index in [2.05, 4.69) is 27.0 Å². The van der Waals surface area contributed by atoms with E-state index in [1.54, 1.807) is 0 Å². The van der Waals surface area contributed by atoms with Crippen molar-refractivity contribution in [1.82, 2.24) is 4.98 Å². The smallest absolute Gasteiger partial charge is 0.0603 e. The normalized spacial score (nSPS) is 13.3. The fraction of sp³-hybridized carbons (Fsp3) is 0.333. The summed E-state index contributed by atoms with van der Waals surface area (Å²) in [6, 6.07) is 6.12. The van der Waals surface area contributed by atoms with Gasteiger partial charge in [0, 0.05) is 22.0 Å². The van der Waals surface area contributed by atoms with Crippen molar-refractivity contribution < 1.29 is 5.11 Å². The molecular formula is C12H14BrNO. The molecule has 2 rings (SSSR count). The van der Waals surface area contributed by atoms with Gasteiger partial charge in [0.2, 0.25) is 0 Å². The number of halogens is 1. The fourth-order valence-electron chi connectivity index (χ4n) is 1.93. The van der Waals surface area contributed by atoms with Gasteiger partial charge in [-0.3, -0.25) is 0 Å². The lowest BCUT2D eigenvalue weighted by atomic mass is 10.1. The Morgan fingerprint density at radius 3 is 2.87 bits per heavy atom. The number of nitrogens with one attached hydrogen (secondary N) is 1. The summed E-state index contributed by atoms with van der Waals surface area (Å²) in [6.07, 6.45) is 0.393. The first-order valence-corrected chi connectivity index (χ1v) is 5.82. The van der Waals surface area contributed by atoms with E-state index in [4.69, 9.17) is 0 Å². The van der Waals surface area contributed by atoms with Crippen LogP contribution in [0.4, 0.5) is 0 Å². The molecule has 0 fully saturated rings. The predicted octanol–water partition coefficient (Wildman–Crippen LogP) is 3.16. The van der Waals surface area contributed by atoms with Crippen LogP contribution in [0.3, 0.4) is 0 Å². The monoisotopic (exact) mass is 267 g/mol. The summed E-state index contributed by atoms with van der Waals surface area (Å²) in [4.78, 5) is 3.34. The second-order valence-electron chi connectivity index (χ2n) is 3.94. The van der Waals surface area contributed by atoms with Gasteiger partial charge in [0.05, 0.1) is 11.6 Å². The lowest BCUT2D eigenvalue weighted by molar-refractivity contribution is 0.195. The van der Waals surface area contributed by atoms with E-state index in [1.165, 1.54) is 10.9 Å². The molecule has 80 valence electrons. The number of aromatic nitrogens is 1. The van der Waals surface area contributed by atoms with Gasteiger partial charge in [-0.2, -0.15) is 0 Å². The molecule has 15 heavy (non-hydrogen) atoms. The Balaban J connectivity index is 2.63. The molecule has 2 nitrogen and oxygen atoms in total. The molecule has 3 heteroatoms. The Kier molecular flexibility index (Phi) is 2.85. The zero-order chi connectivity index (χ0) is 11.0. The highest BCUT2D eigenvalue weighted by molar-refractivity contribution is 9.10. The minimum atomic E-state index is -0.304. The molecule has 1 aromatic carbocycles. The van der Waals surface area contributed by atoms with Gasteiger partial charge in [-0.05, 0) is 41.4 Å². The average Bonchev–Trinajstić information content (AvgIpc) is 2.45. The molecule has 0 saturated heterocycles. The van der Waals surface area contributed by atoms with Crippen molar-refractivity contribution in [3.05, 3.63) is 33.9 Å². The van der Waals surface area contributed by atoms with Gasteiger partial charge in [0.25, 0.3) is 0 Å². The van der Waals surface area contributed by atoms with Crippen molar-refractivity contribution >= 4 is 26.8 Å². The first-order valence-electron chi connectivity index (χ1n) is 5.03. The zero-order valence-electron chi connectivity index (χ0n) is 8.84. The van der Waals surface area contributed by atoms with Crippen molar-refractivity contribution in [3.63, 3.8) is 0 Å². The summed E-state index contributed by atoms with van der Waals surface area (Å²) >= 11 is 3.52. The number of aliphatic hydroxyl groups excluding tert-OH is 1. The second-order valence-corrected chi connectivity index (χ2v) is 4.80. The molecule has 0 spiro atoms. The van der Waals surface area contributed by atoms with Crippen molar-refractivity contribution in [1.29, 1.82) is 0 Å². The quantitative estimate of drug-likeness (QED) is 0.862. The molecule has 0 radical (unpaired) electrons. The third-order valence-corrected chi connectivity index (χ3v) is 3.26. The number of aromatic amines is 1. The average molecular weight is 268 g/mol. The third-order valence-electron chi connectivity index (χ3n) is 2.60. The number of H-pyrrole nitrogens is 1. The third kappa shape index (κ3) is 1.94. The van der Waals surface area contributed by atoms with Gasteiger partial charge in [-0.1, -0.05) is 12.1 Å². The van der Waals surface area contributed by atoms with Crippen LogP contribution in [0.1, 0.15) is 18.2 Å².